The summed E-state index contributed by atoms with van der Waals surface area (Å²) in [5.74, 6) is 1.37. The Bertz CT molecular complexity index is 414. The highest BCUT2D eigenvalue weighted by atomic mass is 16.2. The first-order valence-electron chi connectivity index (χ1n) is 7.86. The second kappa shape index (κ2) is 8.65. The van der Waals surface area contributed by atoms with Gasteiger partial charge in [0.15, 0.2) is 0 Å². The molecule has 2 N–H and O–H groups in total. The zero-order valence-electron chi connectivity index (χ0n) is 13.8. The number of hydrogen-bond donors (Lipinski definition) is 1. The van der Waals surface area contributed by atoms with Gasteiger partial charge in [-0.2, -0.15) is 0 Å². The Kier molecular flexibility index (Phi) is 7.20. The fourth-order valence-corrected chi connectivity index (χ4v) is 2.00. The summed E-state index contributed by atoms with van der Waals surface area (Å²) in [4.78, 5) is 18.7. The van der Waals surface area contributed by atoms with Crippen molar-refractivity contribution in [1.82, 2.24) is 9.88 Å². The Morgan fingerprint density at radius 2 is 1.71 bits per heavy atom. The molecule has 0 bridgehead atoms. The van der Waals surface area contributed by atoms with Crippen molar-refractivity contribution < 1.29 is 4.79 Å². The third kappa shape index (κ3) is 7.11. The van der Waals surface area contributed by atoms with Gasteiger partial charge in [0.05, 0.1) is 18.3 Å². The number of aromatic nitrogens is 1. The second-order valence-corrected chi connectivity index (χ2v) is 6.51. The number of rotatable bonds is 8. The third-order valence-corrected chi connectivity index (χ3v) is 3.49. The SMILES string of the molecule is CC(C)CCN(CCC(C)C)C(=O)Cc1ccc(N)cn1. The summed E-state index contributed by atoms with van der Waals surface area (Å²) in [5.41, 5.74) is 7.03. The molecule has 0 atom stereocenters. The van der Waals surface area contributed by atoms with Crippen LogP contribution in [-0.4, -0.2) is 28.9 Å². The molecule has 1 aromatic heterocycles. The molecule has 0 aromatic carbocycles. The van der Waals surface area contributed by atoms with Crippen LogP contribution >= 0.6 is 0 Å². The molecule has 0 fully saturated rings. The van der Waals surface area contributed by atoms with Crippen LogP contribution in [0.4, 0.5) is 5.69 Å². The van der Waals surface area contributed by atoms with Crippen LogP contribution in [0.3, 0.4) is 0 Å². The van der Waals surface area contributed by atoms with Gasteiger partial charge in [0, 0.05) is 18.8 Å². The molecule has 1 amide bonds. The van der Waals surface area contributed by atoms with E-state index in [9.17, 15) is 4.79 Å². The summed E-state index contributed by atoms with van der Waals surface area (Å²) in [6.45, 7) is 10.4. The van der Waals surface area contributed by atoms with Crippen LogP contribution in [0.2, 0.25) is 0 Å². The highest BCUT2D eigenvalue weighted by Crippen LogP contribution is 2.09. The van der Waals surface area contributed by atoms with Gasteiger partial charge in [0.2, 0.25) is 5.91 Å². The normalized spacial score (nSPS) is 11.1. The fraction of sp³-hybridized carbons (Fsp3) is 0.647. The molecule has 1 heterocycles. The number of nitrogen functional groups attached to an aromatic ring is 1. The monoisotopic (exact) mass is 291 g/mol. The molecule has 0 aliphatic rings. The lowest BCUT2D eigenvalue weighted by Crippen LogP contribution is -2.35. The summed E-state index contributed by atoms with van der Waals surface area (Å²) >= 11 is 0. The first kappa shape index (κ1) is 17.5. The molecule has 4 nitrogen and oxygen atoms in total. The van der Waals surface area contributed by atoms with E-state index in [1.54, 1.807) is 12.3 Å². The third-order valence-electron chi connectivity index (χ3n) is 3.49. The Hall–Kier alpha value is -1.58. The van der Waals surface area contributed by atoms with Crippen LogP contribution < -0.4 is 5.73 Å². The minimum absolute atomic E-state index is 0.161. The zero-order valence-corrected chi connectivity index (χ0v) is 13.8. The van der Waals surface area contributed by atoms with E-state index in [1.165, 1.54) is 0 Å². The van der Waals surface area contributed by atoms with Gasteiger partial charge >= 0.3 is 0 Å². The Morgan fingerprint density at radius 3 is 2.14 bits per heavy atom. The van der Waals surface area contributed by atoms with Crippen LogP contribution in [0.1, 0.15) is 46.2 Å². The molecular weight excluding hydrogens is 262 g/mol. The molecule has 1 rings (SSSR count). The van der Waals surface area contributed by atoms with Gasteiger partial charge in [-0.1, -0.05) is 27.7 Å². The number of nitrogens with two attached hydrogens (primary N) is 1. The molecule has 0 aliphatic heterocycles. The molecule has 21 heavy (non-hydrogen) atoms. The van der Waals surface area contributed by atoms with Gasteiger partial charge in [-0.3, -0.25) is 9.78 Å². The number of hydrogen-bond acceptors (Lipinski definition) is 3. The Balaban J connectivity index is 2.62. The maximum absolute atomic E-state index is 12.5. The minimum atomic E-state index is 0.161. The summed E-state index contributed by atoms with van der Waals surface area (Å²) in [6, 6.07) is 3.62. The van der Waals surface area contributed by atoms with E-state index in [4.69, 9.17) is 5.73 Å². The molecule has 0 radical (unpaired) electrons. The summed E-state index contributed by atoms with van der Waals surface area (Å²) in [6.07, 6.45) is 4.05. The fourth-order valence-electron chi connectivity index (χ4n) is 2.00. The molecule has 0 saturated carbocycles. The van der Waals surface area contributed by atoms with Crippen molar-refractivity contribution in [3.63, 3.8) is 0 Å². The number of carbonyl (C=O) groups is 1. The van der Waals surface area contributed by atoms with Crippen LogP contribution in [0.5, 0.6) is 0 Å². The average Bonchev–Trinajstić information content (AvgIpc) is 2.40. The van der Waals surface area contributed by atoms with Crippen molar-refractivity contribution in [3.8, 4) is 0 Å². The molecule has 0 spiro atoms. The van der Waals surface area contributed by atoms with E-state index in [0.717, 1.165) is 31.6 Å². The predicted molar refractivity (Wildman–Crippen MR) is 87.8 cm³/mol. The van der Waals surface area contributed by atoms with Gasteiger partial charge in [-0.25, -0.2) is 0 Å². The standard InChI is InChI=1S/C17H29N3O/c1-13(2)7-9-20(10-8-14(3)4)17(21)11-16-6-5-15(18)12-19-16/h5-6,12-14H,7-11,18H2,1-4H3. The maximum Gasteiger partial charge on any atom is 0.228 e. The first-order chi connectivity index (χ1) is 9.88. The second-order valence-electron chi connectivity index (χ2n) is 6.51. The van der Waals surface area contributed by atoms with Crippen molar-refractivity contribution in [2.75, 3.05) is 18.8 Å². The van der Waals surface area contributed by atoms with Gasteiger partial charge in [0.1, 0.15) is 0 Å². The molecular formula is C17H29N3O. The maximum atomic E-state index is 12.5. The van der Waals surface area contributed by atoms with Crippen molar-refractivity contribution in [3.05, 3.63) is 24.0 Å². The Morgan fingerprint density at radius 1 is 1.14 bits per heavy atom. The lowest BCUT2D eigenvalue weighted by atomic mass is 10.1. The molecule has 118 valence electrons. The van der Waals surface area contributed by atoms with E-state index >= 15 is 0 Å². The summed E-state index contributed by atoms with van der Waals surface area (Å²) in [5, 5.41) is 0. The first-order valence-corrected chi connectivity index (χ1v) is 7.86. The van der Waals surface area contributed by atoms with Crippen molar-refractivity contribution >= 4 is 11.6 Å². The van der Waals surface area contributed by atoms with Crippen LogP contribution in [0.25, 0.3) is 0 Å². The summed E-state index contributed by atoms with van der Waals surface area (Å²) in [7, 11) is 0. The quantitative estimate of drug-likeness (QED) is 0.800. The van der Waals surface area contributed by atoms with E-state index in [2.05, 4.69) is 32.7 Å². The van der Waals surface area contributed by atoms with Gasteiger partial charge in [-0.15, -0.1) is 0 Å². The molecule has 0 saturated heterocycles. The highest BCUT2D eigenvalue weighted by Gasteiger charge is 2.15. The van der Waals surface area contributed by atoms with Crippen molar-refractivity contribution in [1.29, 1.82) is 0 Å². The average molecular weight is 291 g/mol. The number of carbonyl (C=O) groups excluding carboxylic acids is 1. The zero-order chi connectivity index (χ0) is 15.8. The lowest BCUT2D eigenvalue weighted by molar-refractivity contribution is -0.130. The van der Waals surface area contributed by atoms with Gasteiger partial charge in [0.25, 0.3) is 0 Å². The van der Waals surface area contributed by atoms with Crippen LogP contribution in [0, 0.1) is 11.8 Å². The number of anilines is 1. The van der Waals surface area contributed by atoms with Crippen LogP contribution in [-0.2, 0) is 11.2 Å². The number of pyridine rings is 1. The van der Waals surface area contributed by atoms with E-state index < -0.39 is 0 Å². The highest BCUT2D eigenvalue weighted by molar-refractivity contribution is 5.78. The lowest BCUT2D eigenvalue weighted by Gasteiger charge is -2.24. The van der Waals surface area contributed by atoms with E-state index in [0.29, 0.717) is 23.9 Å². The molecule has 1 aromatic rings. The van der Waals surface area contributed by atoms with Gasteiger partial charge in [-0.05, 0) is 36.8 Å². The number of nitrogens with zero attached hydrogens (tertiary/aromatic N) is 2. The smallest absolute Gasteiger partial charge is 0.228 e. The Labute approximate surface area is 128 Å². The van der Waals surface area contributed by atoms with Crippen LogP contribution in [0.15, 0.2) is 18.3 Å². The summed E-state index contributed by atoms with van der Waals surface area (Å²) < 4.78 is 0. The minimum Gasteiger partial charge on any atom is -0.397 e. The van der Waals surface area contributed by atoms with E-state index in [-0.39, 0.29) is 5.91 Å². The predicted octanol–water partition coefficient (Wildman–Crippen LogP) is 3.13. The van der Waals surface area contributed by atoms with Crippen molar-refractivity contribution in [2.24, 2.45) is 11.8 Å². The van der Waals surface area contributed by atoms with Gasteiger partial charge < -0.3 is 10.6 Å². The molecule has 4 heteroatoms. The molecule has 0 aliphatic carbocycles. The topological polar surface area (TPSA) is 59.2 Å². The molecule has 0 unspecified atom stereocenters. The largest absolute Gasteiger partial charge is 0.397 e. The van der Waals surface area contributed by atoms with E-state index in [1.807, 2.05) is 11.0 Å². The van der Waals surface area contributed by atoms with Crippen molar-refractivity contribution in [2.45, 2.75) is 47.0 Å². The number of amides is 1.